The van der Waals surface area contributed by atoms with Crippen LogP contribution < -0.4 is 5.69 Å². The van der Waals surface area contributed by atoms with Gasteiger partial charge in [-0.05, 0) is 13.8 Å². The van der Waals surface area contributed by atoms with Crippen molar-refractivity contribution < 1.29 is 14.1 Å². The van der Waals surface area contributed by atoms with E-state index in [9.17, 15) is 9.59 Å². The fraction of sp³-hybridized carbons (Fsp3) is 0.455. The fourth-order valence-electron chi connectivity index (χ4n) is 1.47. The summed E-state index contributed by atoms with van der Waals surface area (Å²) in [5.74, 6) is 0.206. The molecule has 2 rings (SSSR count). The number of hydrogen-bond acceptors (Lipinski definition) is 6. The lowest BCUT2D eigenvalue weighted by Crippen LogP contribution is -2.30. The molecule has 0 amide bonds. The maximum absolute atomic E-state index is 12.0. The Balaban J connectivity index is 2.03. The number of aryl methyl sites for hydroxylation is 1. The summed E-state index contributed by atoms with van der Waals surface area (Å²) in [5, 5.41) is 7.42. The number of aromatic amines is 1. The third kappa shape index (κ3) is 2.56. The van der Waals surface area contributed by atoms with Gasteiger partial charge in [-0.2, -0.15) is 5.10 Å². The maximum atomic E-state index is 12.0. The van der Waals surface area contributed by atoms with Crippen molar-refractivity contribution in [1.82, 2.24) is 19.9 Å². The Morgan fingerprint density at radius 1 is 1.58 bits per heavy atom. The quantitative estimate of drug-likeness (QED) is 0.788. The number of nitrogens with zero attached hydrogens (tertiary/aromatic N) is 3. The smallest absolute Gasteiger partial charge is 0.343 e. The van der Waals surface area contributed by atoms with E-state index in [4.69, 9.17) is 9.26 Å². The summed E-state index contributed by atoms with van der Waals surface area (Å²) in [6, 6.07) is 1.60. The Labute approximate surface area is 108 Å². The van der Waals surface area contributed by atoms with E-state index in [1.54, 1.807) is 19.9 Å². The SMILES string of the molecule is Cn1nc(COC(=O)C(C)(C)c2ccno2)[nH]c1=O. The van der Waals surface area contributed by atoms with Crippen molar-refractivity contribution in [2.75, 3.05) is 0 Å². The van der Waals surface area contributed by atoms with Crippen LogP contribution in [0.15, 0.2) is 21.6 Å². The lowest BCUT2D eigenvalue weighted by Gasteiger charge is -2.18. The number of ether oxygens (including phenoxy) is 1. The summed E-state index contributed by atoms with van der Waals surface area (Å²) in [6.45, 7) is 3.22. The number of hydrogen-bond donors (Lipinski definition) is 1. The van der Waals surface area contributed by atoms with Crippen LogP contribution in [0.25, 0.3) is 0 Å². The second-order valence-corrected chi connectivity index (χ2v) is 4.58. The number of H-pyrrole nitrogens is 1. The first-order valence-electron chi connectivity index (χ1n) is 5.62. The topological polar surface area (TPSA) is 103 Å². The average molecular weight is 266 g/mol. The Morgan fingerprint density at radius 3 is 2.84 bits per heavy atom. The molecular weight excluding hydrogens is 252 g/mol. The molecule has 0 atom stereocenters. The highest BCUT2D eigenvalue weighted by Gasteiger charge is 2.35. The van der Waals surface area contributed by atoms with Gasteiger partial charge in [0.15, 0.2) is 18.2 Å². The van der Waals surface area contributed by atoms with Crippen molar-refractivity contribution in [2.45, 2.75) is 25.9 Å². The van der Waals surface area contributed by atoms with E-state index in [2.05, 4.69) is 15.2 Å². The first kappa shape index (κ1) is 13.1. The van der Waals surface area contributed by atoms with Crippen LogP contribution in [0.3, 0.4) is 0 Å². The van der Waals surface area contributed by atoms with Gasteiger partial charge in [0, 0.05) is 13.1 Å². The summed E-state index contributed by atoms with van der Waals surface area (Å²) >= 11 is 0. The molecular formula is C11H14N4O4. The zero-order valence-corrected chi connectivity index (χ0v) is 10.8. The molecule has 2 aromatic rings. The molecule has 0 aliphatic carbocycles. The Morgan fingerprint density at radius 2 is 2.32 bits per heavy atom. The zero-order valence-electron chi connectivity index (χ0n) is 10.8. The van der Waals surface area contributed by atoms with E-state index in [0.29, 0.717) is 5.76 Å². The Hall–Kier alpha value is -2.38. The van der Waals surface area contributed by atoms with Gasteiger partial charge in [-0.3, -0.25) is 9.78 Å². The highest BCUT2D eigenvalue weighted by molar-refractivity contribution is 5.81. The van der Waals surface area contributed by atoms with Crippen molar-refractivity contribution in [3.63, 3.8) is 0 Å². The monoisotopic (exact) mass is 266 g/mol. The number of esters is 1. The van der Waals surface area contributed by atoms with E-state index in [1.807, 2.05) is 0 Å². The van der Waals surface area contributed by atoms with Gasteiger partial charge < -0.3 is 9.26 Å². The van der Waals surface area contributed by atoms with Crippen LogP contribution in [0.4, 0.5) is 0 Å². The molecule has 0 spiro atoms. The van der Waals surface area contributed by atoms with Crippen molar-refractivity contribution in [1.29, 1.82) is 0 Å². The molecule has 0 saturated carbocycles. The van der Waals surface area contributed by atoms with Gasteiger partial charge in [-0.25, -0.2) is 9.48 Å². The standard InChI is InChI=1S/C11H14N4O4/c1-11(2,7-4-5-12-19-7)9(16)18-6-8-13-10(17)15(3)14-8/h4-5H,6H2,1-3H3,(H,13,14,17). The van der Waals surface area contributed by atoms with Crippen LogP contribution in [-0.2, 0) is 28.6 Å². The van der Waals surface area contributed by atoms with Crippen LogP contribution in [0.1, 0.15) is 25.4 Å². The van der Waals surface area contributed by atoms with Crippen molar-refractivity contribution in [3.05, 3.63) is 34.3 Å². The van der Waals surface area contributed by atoms with Crippen LogP contribution in [0, 0.1) is 0 Å². The molecule has 0 fully saturated rings. The summed E-state index contributed by atoms with van der Waals surface area (Å²) in [5.41, 5.74) is -1.31. The van der Waals surface area contributed by atoms with Crippen LogP contribution in [0.5, 0.6) is 0 Å². The minimum absolute atomic E-state index is 0.105. The maximum Gasteiger partial charge on any atom is 0.343 e. The number of carbonyl (C=O) groups excluding carboxylic acids is 1. The molecule has 0 radical (unpaired) electrons. The first-order chi connectivity index (χ1) is 8.91. The van der Waals surface area contributed by atoms with E-state index in [0.717, 1.165) is 4.68 Å². The molecule has 0 unspecified atom stereocenters. The minimum atomic E-state index is -0.953. The molecule has 2 aromatic heterocycles. The predicted molar refractivity (Wildman–Crippen MR) is 63.2 cm³/mol. The largest absolute Gasteiger partial charge is 0.457 e. The summed E-state index contributed by atoms with van der Waals surface area (Å²) in [4.78, 5) is 25.6. The van der Waals surface area contributed by atoms with E-state index < -0.39 is 11.4 Å². The molecule has 8 nitrogen and oxygen atoms in total. The number of aromatic nitrogens is 4. The first-order valence-corrected chi connectivity index (χ1v) is 5.62. The zero-order chi connectivity index (χ0) is 14.0. The van der Waals surface area contributed by atoms with E-state index >= 15 is 0 Å². The molecule has 102 valence electrons. The second kappa shape index (κ2) is 4.71. The molecule has 0 aliphatic rings. The molecule has 0 saturated heterocycles. The van der Waals surface area contributed by atoms with Gasteiger partial charge in [0.25, 0.3) is 0 Å². The van der Waals surface area contributed by atoms with Crippen molar-refractivity contribution >= 4 is 5.97 Å². The normalized spacial score (nSPS) is 11.5. The van der Waals surface area contributed by atoms with Crippen LogP contribution in [-0.4, -0.2) is 25.9 Å². The molecule has 19 heavy (non-hydrogen) atoms. The summed E-state index contributed by atoms with van der Waals surface area (Å²) in [6.07, 6.45) is 1.46. The van der Waals surface area contributed by atoms with Crippen molar-refractivity contribution in [2.24, 2.45) is 7.05 Å². The molecule has 1 N–H and O–H groups in total. The van der Waals surface area contributed by atoms with Gasteiger partial charge in [0.2, 0.25) is 0 Å². The molecule has 8 heteroatoms. The third-order valence-electron chi connectivity index (χ3n) is 2.72. The fourth-order valence-corrected chi connectivity index (χ4v) is 1.47. The van der Waals surface area contributed by atoms with Gasteiger partial charge >= 0.3 is 11.7 Å². The molecule has 0 bridgehead atoms. The Kier molecular flexibility index (Phi) is 3.24. The van der Waals surface area contributed by atoms with E-state index in [1.165, 1.54) is 13.2 Å². The second-order valence-electron chi connectivity index (χ2n) is 4.58. The summed E-state index contributed by atoms with van der Waals surface area (Å²) < 4.78 is 11.2. The van der Waals surface area contributed by atoms with Gasteiger partial charge in [-0.15, -0.1) is 0 Å². The molecule has 0 aliphatic heterocycles. The third-order valence-corrected chi connectivity index (χ3v) is 2.72. The molecule has 2 heterocycles. The Bertz CT molecular complexity index is 623. The average Bonchev–Trinajstić information content (AvgIpc) is 2.97. The lowest BCUT2D eigenvalue weighted by molar-refractivity contribution is -0.151. The van der Waals surface area contributed by atoms with Crippen LogP contribution >= 0.6 is 0 Å². The highest BCUT2D eigenvalue weighted by atomic mass is 16.5. The van der Waals surface area contributed by atoms with E-state index in [-0.39, 0.29) is 18.1 Å². The van der Waals surface area contributed by atoms with Gasteiger partial charge in [0.05, 0.1) is 6.20 Å². The number of carbonyl (C=O) groups is 1. The summed E-state index contributed by atoms with van der Waals surface area (Å²) in [7, 11) is 1.50. The minimum Gasteiger partial charge on any atom is -0.457 e. The van der Waals surface area contributed by atoms with Crippen molar-refractivity contribution in [3.8, 4) is 0 Å². The number of nitrogens with one attached hydrogen (secondary N) is 1. The van der Waals surface area contributed by atoms with Crippen LogP contribution in [0.2, 0.25) is 0 Å². The highest BCUT2D eigenvalue weighted by Crippen LogP contribution is 2.24. The van der Waals surface area contributed by atoms with Gasteiger partial charge in [-0.1, -0.05) is 5.16 Å². The number of rotatable bonds is 4. The molecule has 0 aromatic carbocycles. The lowest BCUT2D eigenvalue weighted by atomic mass is 9.91. The van der Waals surface area contributed by atoms with Gasteiger partial charge in [0.1, 0.15) is 5.41 Å². The predicted octanol–water partition coefficient (Wildman–Crippen LogP) is 0.117.